The van der Waals surface area contributed by atoms with Crippen LogP contribution in [0.2, 0.25) is 4.34 Å². The molecule has 1 aliphatic heterocycles. The van der Waals surface area contributed by atoms with Gasteiger partial charge in [-0.25, -0.2) is 0 Å². The second-order valence-electron chi connectivity index (χ2n) is 4.20. The number of hydrogen-bond acceptors (Lipinski definition) is 4. The van der Waals surface area contributed by atoms with E-state index in [9.17, 15) is 0 Å². The highest BCUT2D eigenvalue weighted by Crippen LogP contribution is 2.40. The molecule has 96 valence electrons. The van der Waals surface area contributed by atoms with E-state index in [4.69, 9.17) is 22.1 Å². The summed E-state index contributed by atoms with van der Waals surface area (Å²) >= 11 is 11.2. The number of halogens is 2. The molecule has 0 saturated carbocycles. The highest BCUT2D eigenvalue weighted by atomic mass is 79.9. The van der Waals surface area contributed by atoms with Crippen LogP contribution in [0.3, 0.4) is 0 Å². The van der Waals surface area contributed by atoms with Crippen molar-refractivity contribution in [1.82, 2.24) is 4.90 Å². The fourth-order valence-corrected chi connectivity index (χ4v) is 4.19. The second-order valence-corrected chi connectivity index (χ2v) is 6.74. The molecule has 17 heavy (non-hydrogen) atoms. The first-order valence-corrected chi connectivity index (χ1v) is 7.55. The van der Waals surface area contributed by atoms with E-state index < -0.39 is 0 Å². The number of hydrogen-bond donors (Lipinski definition) is 1. The number of thiophene rings is 1. The van der Waals surface area contributed by atoms with Gasteiger partial charge in [-0.2, -0.15) is 0 Å². The van der Waals surface area contributed by atoms with E-state index in [1.807, 2.05) is 0 Å². The summed E-state index contributed by atoms with van der Waals surface area (Å²) in [4.78, 5) is 3.62. The predicted molar refractivity (Wildman–Crippen MR) is 75.8 cm³/mol. The monoisotopic (exact) mass is 338 g/mol. The molecule has 0 aliphatic carbocycles. The summed E-state index contributed by atoms with van der Waals surface area (Å²) in [6.07, 6.45) is 1.03. The highest BCUT2D eigenvalue weighted by Gasteiger charge is 2.33. The van der Waals surface area contributed by atoms with Crippen molar-refractivity contribution in [3.8, 4) is 0 Å². The van der Waals surface area contributed by atoms with Gasteiger partial charge in [0.2, 0.25) is 0 Å². The molecule has 2 atom stereocenters. The molecule has 2 N–H and O–H groups in total. The first kappa shape index (κ1) is 13.8. The van der Waals surface area contributed by atoms with E-state index in [2.05, 4.69) is 26.9 Å². The minimum absolute atomic E-state index is 0.188. The smallest absolute Gasteiger partial charge is 0.107 e. The van der Waals surface area contributed by atoms with Crippen molar-refractivity contribution in [3.63, 3.8) is 0 Å². The number of nitrogens with zero attached hydrogens (tertiary/aromatic N) is 1. The minimum atomic E-state index is 0.188. The van der Waals surface area contributed by atoms with Crippen molar-refractivity contribution < 1.29 is 4.74 Å². The summed E-state index contributed by atoms with van der Waals surface area (Å²) in [7, 11) is 1.73. The third-order valence-electron chi connectivity index (χ3n) is 3.09. The van der Waals surface area contributed by atoms with E-state index in [1.54, 1.807) is 18.4 Å². The van der Waals surface area contributed by atoms with E-state index in [1.165, 1.54) is 4.88 Å². The normalized spacial score (nSPS) is 25.6. The Morgan fingerprint density at radius 3 is 3.06 bits per heavy atom. The van der Waals surface area contributed by atoms with Crippen molar-refractivity contribution in [2.24, 2.45) is 5.73 Å². The van der Waals surface area contributed by atoms with E-state index >= 15 is 0 Å². The fourth-order valence-electron chi connectivity index (χ4n) is 2.24. The van der Waals surface area contributed by atoms with Crippen LogP contribution in [-0.2, 0) is 4.74 Å². The summed E-state index contributed by atoms with van der Waals surface area (Å²) in [5.41, 5.74) is 6.20. The topological polar surface area (TPSA) is 38.5 Å². The third kappa shape index (κ3) is 3.03. The standard InChI is InChI=1S/C11H16BrClN2OS/c1-16-5-4-15-3-2-8(14)10(15)9-6-7(12)11(13)17-9/h6,8,10H,2-5,14H2,1H3. The van der Waals surface area contributed by atoms with Crippen LogP contribution < -0.4 is 5.73 Å². The first-order valence-electron chi connectivity index (χ1n) is 5.56. The van der Waals surface area contributed by atoms with Gasteiger partial charge in [-0.15, -0.1) is 11.3 Å². The van der Waals surface area contributed by atoms with E-state index in [-0.39, 0.29) is 12.1 Å². The molecule has 1 fully saturated rings. The number of rotatable bonds is 4. The zero-order chi connectivity index (χ0) is 12.4. The summed E-state index contributed by atoms with van der Waals surface area (Å²) in [6, 6.07) is 2.55. The van der Waals surface area contributed by atoms with Gasteiger partial charge in [0.15, 0.2) is 0 Å². The quantitative estimate of drug-likeness (QED) is 0.916. The van der Waals surface area contributed by atoms with Crippen molar-refractivity contribution in [1.29, 1.82) is 0 Å². The van der Waals surface area contributed by atoms with Crippen LogP contribution in [0.15, 0.2) is 10.5 Å². The number of nitrogens with two attached hydrogens (primary N) is 1. The Morgan fingerprint density at radius 2 is 2.47 bits per heavy atom. The average molecular weight is 340 g/mol. The van der Waals surface area contributed by atoms with Gasteiger partial charge in [-0.05, 0) is 28.4 Å². The van der Waals surface area contributed by atoms with Gasteiger partial charge in [-0.3, -0.25) is 4.90 Å². The number of likely N-dealkylation sites (tertiary alicyclic amines) is 1. The molecule has 0 radical (unpaired) electrons. The van der Waals surface area contributed by atoms with Crippen LogP contribution in [0.25, 0.3) is 0 Å². The Kier molecular flexibility index (Phi) is 4.86. The number of ether oxygens (including phenoxy) is 1. The minimum Gasteiger partial charge on any atom is -0.383 e. The Morgan fingerprint density at radius 1 is 1.71 bits per heavy atom. The third-order valence-corrected chi connectivity index (χ3v) is 5.63. The second kappa shape index (κ2) is 5.99. The fraction of sp³-hybridized carbons (Fsp3) is 0.636. The lowest BCUT2D eigenvalue weighted by molar-refractivity contribution is 0.140. The molecule has 6 heteroatoms. The molecule has 2 unspecified atom stereocenters. The lowest BCUT2D eigenvalue weighted by atomic mass is 10.1. The SMILES string of the molecule is COCCN1CCC(N)C1c1cc(Br)c(Cl)s1. The molecule has 3 nitrogen and oxygen atoms in total. The van der Waals surface area contributed by atoms with Crippen LogP contribution >= 0.6 is 38.9 Å². The Labute approximate surface area is 119 Å². The van der Waals surface area contributed by atoms with Crippen LogP contribution in [0.1, 0.15) is 17.3 Å². The maximum atomic E-state index is 6.20. The lowest BCUT2D eigenvalue weighted by Crippen LogP contribution is -2.33. The first-order chi connectivity index (χ1) is 8.13. The van der Waals surface area contributed by atoms with Crippen molar-refractivity contribution in [3.05, 3.63) is 19.8 Å². The van der Waals surface area contributed by atoms with Gasteiger partial charge < -0.3 is 10.5 Å². The van der Waals surface area contributed by atoms with Gasteiger partial charge in [0.25, 0.3) is 0 Å². The molecule has 0 amide bonds. The average Bonchev–Trinajstić information content (AvgIpc) is 2.80. The molecule has 0 spiro atoms. The summed E-state index contributed by atoms with van der Waals surface area (Å²) in [5, 5.41) is 0. The molecule has 1 aromatic heterocycles. The van der Waals surface area contributed by atoms with Gasteiger partial charge in [0.05, 0.1) is 12.6 Å². The molecule has 0 aromatic carbocycles. The molecule has 0 bridgehead atoms. The van der Waals surface area contributed by atoms with Crippen LogP contribution in [0.4, 0.5) is 0 Å². The molecular formula is C11H16BrClN2OS. The molecule has 1 aromatic rings. The predicted octanol–water partition coefficient (Wildman–Crippen LogP) is 2.88. The summed E-state index contributed by atoms with van der Waals surface area (Å²) < 4.78 is 6.90. The van der Waals surface area contributed by atoms with Crippen molar-refractivity contribution >= 4 is 38.9 Å². The van der Waals surface area contributed by atoms with Gasteiger partial charge >= 0.3 is 0 Å². The van der Waals surface area contributed by atoms with Crippen molar-refractivity contribution in [2.45, 2.75) is 18.5 Å². The zero-order valence-electron chi connectivity index (χ0n) is 9.66. The largest absolute Gasteiger partial charge is 0.383 e. The molecule has 2 heterocycles. The Hall–Kier alpha value is 0.350. The summed E-state index contributed by atoms with van der Waals surface area (Å²) in [5.74, 6) is 0. The zero-order valence-corrected chi connectivity index (χ0v) is 12.8. The molecule has 1 aliphatic rings. The van der Waals surface area contributed by atoms with Crippen molar-refractivity contribution in [2.75, 3.05) is 26.8 Å². The maximum absolute atomic E-state index is 6.20. The highest BCUT2D eigenvalue weighted by molar-refractivity contribution is 9.10. The lowest BCUT2D eigenvalue weighted by Gasteiger charge is -2.25. The molecule has 2 rings (SSSR count). The molecule has 1 saturated heterocycles. The molecular weight excluding hydrogens is 324 g/mol. The van der Waals surface area contributed by atoms with E-state index in [0.29, 0.717) is 0 Å². The maximum Gasteiger partial charge on any atom is 0.107 e. The number of methoxy groups -OCH3 is 1. The Bertz CT molecular complexity index is 368. The van der Waals surface area contributed by atoms with Crippen LogP contribution in [-0.4, -0.2) is 37.7 Å². The van der Waals surface area contributed by atoms with Gasteiger partial charge in [0, 0.05) is 35.6 Å². The van der Waals surface area contributed by atoms with Crippen LogP contribution in [0, 0.1) is 0 Å². The summed E-state index contributed by atoms with van der Waals surface area (Å²) in [6.45, 7) is 2.69. The van der Waals surface area contributed by atoms with Gasteiger partial charge in [-0.1, -0.05) is 11.6 Å². The van der Waals surface area contributed by atoms with E-state index in [0.717, 1.165) is 34.9 Å². The Balaban J connectivity index is 2.15. The van der Waals surface area contributed by atoms with Gasteiger partial charge in [0.1, 0.15) is 4.34 Å². The van der Waals surface area contributed by atoms with Crippen LogP contribution in [0.5, 0.6) is 0 Å².